The second-order valence-electron chi connectivity index (χ2n) is 5.20. The third-order valence-corrected chi connectivity index (χ3v) is 4.11. The smallest absolute Gasteiger partial charge is 0.308 e. The average molecular weight is 289 g/mol. The Morgan fingerprint density at radius 3 is 2.81 bits per heavy atom. The zero-order chi connectivity index (χ0) is 15.1. The van der Waals surface area contributed by atoms with Gasteiger partial charge in [0.05, 0.1) is 17.2 Å². The van der Waals surface area contributed by atoms with Crippen molar-refractivity contribution in [1.29, 1.82) is 0 Å². The Bertz CT molecular complexity index is 726. The van der Waals surface area contributed by atoms with E-state index < -0.39 is 11.9 Å². The molecular formula is C13H15N5O3. The van der Waals surface area contributed by atoms with E-state index in [1.54, 1.807) is 18.7 Å². The Morgan fingerprint density at radius 2 is 2.14 bits per heavy atom. The molecule has 0 bridgehead atoms. The second-order valence-corrected chi connectivity index (χ2v) is 5.20. The van der Waals surface area contributed by atoms with Gasteiger partial charge in [0.1, 0.15) is 6.33 Å². The number of nitrogens with zero attached hydrogens (tertiary/aromatic N) is 5. The molecule has 3 heterocycles. The highest BCUT2D eigenvalue weighted by molar-refractivity contribution is 5.96. The summed E-state index contributed by atoms with van der Waals surface area (Å²) < 4.78 is 1.50. The van der Waals surface area contributed by atoms with Crippen LogP contribution in [0.1, 0.15) is 29.4 Å². The quantitative estimate of drug-likeness (QED) is 0.857. The minimum atomic E-state index is -0.862. The molecule has 0 aromatic carbocycles. The monoisotopic (exact) mass is 289 g/mol. The van der Waals surface area contributed by atoms with Gasteiger partial charge < -0.3 is 10.0 Å². The summed E-state index contributed by atoms with van der Waals surface area (Å²) in [5.41, 5.74) is 1.07. The summed E-state index contributed by atoms with van der Waals surface area (Å²) >= 11 is 0. The number of aryl methyl sites for hydroxylation is 1. The van der Waals surface area contributed by atoms with Crippen LogP contribution >= 0.6 is 0 Å². The highest BCUT2D eigenvalue weighted by Crippen LogP contribution is 2.26. The van der Waals surface area contributed by atoms with Crippen LogP contribution in [0.25, 0.3) is 5.78 Å². The van der Waals surface area contributed by atoms with Crippen molar-refractivity contribution in [2.24, 2.45) is 5.92 Å². The Balaban J connectivity index is 1.94. The molecule has 21 heavy (non-hydrogen) atoms. The molecule has 2 aromatic heterocycles. The minimum Gasteiger partial charge on any atom is -0.481 e. The molecule has 2 aromatic rings. The number of carbonyl (C=O) groups excluding carboxylic acids is 1. The highest BCUT2D eigenvalue weighted by Gasteiger charge is 2.38. The third-order valence-electron chi connectivity index (χ3n) is 4.11. The van der Waals surface area contributed by atoms with Gasteiger partial charge in [-0.15, -0.1) is 0 Å². The van der Waals surface area contributed by atoms with Crippen LogP contribution in [0, 0.1) is 12.8 Å². The standard InChI is InChI=1S/C13H15N5O3/c1-7-9(12(20)21)3-4-17(7)11(19)10-5-14-13-15-6-16-18(13)8(10)2/h5-7,9H,3-4H2,1-2H3,(H,20,21). The average Bonchev–Trinajstić information content (AvgIpc) is 3.05. The molecular weight excluding hydrogens is 274 g/mol. The maximum Gasteiger partial charge on any atom is 0.308 e. The first-order valence-corrected chi connectivity index (χ1v) is 6.70. The predicted octanol–water partition coefficient (Wildman–Crippen LogP) is 0.368. The lowest BCUT2D eigenvalue weighted by atomic mass is 10.0. The first-order valence-electron chi connectivity index (χ1n) is 6.70. The molecule has 1 N–H and O–H groups in total. The number of amides is 1. The SMILES string of the molecule is Cc1c(C(=O)N2CCC(C(=O)O)C2C)cnc2ncnn12. The number of aromatic nitrogens is 4. The largest absolute Gasteiger partial charge is 0.481 e. The highest BCUT2D eigenvalue weighted by atomic mass is 16.4. The number of carboxylic acid groups (broad SMARTS) is 1. The van der Waals surface area contributed by atoms with Crippen LogP contribution in [-0.4, -0.2) is 54.1 Å². The van der Waals surface area contributed by atoms with Crippen LogP contribution in [0.4, 0.5) is 0 Å². The Hall–Kier alpha value is -2.51. The molecule has 0 saturated carbocycles. The van der Waals surface area contributed by atoms with Gasteiger partial charge in [0.15, 0.2) is 0 Å². The summed E-state index contributed by atoms with van der Waals surface area (Å²) in [5.74, 6) is -1.16. The van der Waals surface area contributed by atoms with E-state index in [-0.39, 0.29) is 11.9 Å². The summed E-state index contributed by atoms with van der Waals surface area (Å²) in [5, 5.41) is 13.2. The van der Waals surface area contributed by atoms with Gasteiger partial charge in [-0.1, -0.05) is 0 Å². The van der Waals surface area contributed by atoms with Crippen molar-refractivity contribution in [2.75, 3.05) is 6.54 Å². The topological polar surface area (TPSA) is 101 Å². The number of likely N-dealkylation sites (tertiary alicyclic amines) is 1. The van der Waals surface area contributed by atoms with E-state index in [2.05, 4.69) is 15.1 Å². The second kappa shape index (κ2) is 4.80. The van der Waals surface area contributed by atoms with E-state index in [1.165, 1.54) is 17.0 Å². The van der Waals surface area contributed by atoms with Gasteiger partial charge in [0, 0.05) is 18.8 Å². The molecule has 1 amide bonds. The summed E-state index contributed by atoms with van der Waals surface area (Å²) in [4.78, 5) is 33.4. The summed E-state index contributed by atoms with van der Waals surface area (Å²) in [6, 6.07) is -0.333. The summed E-state index contributed by atoms with van der Waals surface area (Å²) in [6.07, 6.45) is 3.32. The molecule has 0 aliphatic carbocycles. The van der Waals surface area contributed by atoms with Crippen molar-refractivity contribution in [3.8, 4) is 0 Å². The molecule has 1 aliphatic heterocycles. The molecule has 1 aliphatic rings. The van der Waals surface area contributed by atoms with E-state index >= 15 is 0 Å². The van der Waals surface area contributed by atoms with Crippen LogP contribution in [0.5, 0.6) is 0 Å². The zero-order valence-electron chi connectivity index (χ0n) is 11.7. The Labute approximate surface area is 120 Å². The molecule has 0 radical (unpaired) electrons. The van der Waals surface area contributed by atoms with Gasteiger partial charge in [-0.25, -0.2) is 9.50 Å². The first-order chi connectivity index (χ1) is 10.0. The van der Waals surface area contributed by atoms with Gasteiger partial charge in [-0.3, -0.25) is 9.59 Å². The van der Waals surface area contributed by atoms with Crippen molar-refractivity contribution in [1.82, 2.24) is 24.5 Å². The van der Waals surface area contributed by atoms with Crippen molar-refractivity contribution >= 4 is 17.7 Å². The zero-order valence-corrected chi connectivity index (χ0v) is 11.7. The molecule has 1 fully saturated rings. The molecule has 2 atom stereocenters. The normalized spacial score (nSPS) is 21.9. The number of rotatable bonds is 2. The lowest BCUT2D eigenvalue weighted by Crippen LogP contribution is -2.38. The number of carboxylic acids is 1. The van der Waals surface area contributed by atoms with Crippen LogP contribution in [0.2, 0.25) is 0 Å². The molecule has 1 saturated heterocycles. The predicted molar refractivity (Wildman–Crippen MR) is 71.8 cm³/mol. The van der Waals surface area contributed by atoms with E-state index in [0.717, 1.165) is 0 Å². The Kier molecular flexibility index (Phi) is 3.08. The third kappa shape index (κ3) is 2.03. The lowest BCUT2D eigenvalue weighted by molar-refractivity contribution is -0.142. The van der Waals surface area contributed by atoms with E-state index in [4.69, 9.17) is 5.11 Å². The van der Waals surface area contributed by atoms with Crippen LogP contribution in [0.15, 0.2) is 12.5 Å². The number of aliphatic carboxylic acids is 1. The van der Waals surface area contributed by atoms with Crippen molar-refractivity contribution in [3.63, 3.8) is 0 Å². The fourth-order valence-corrected chi connectivity index (χ4v) is 2.81. The number of carbonyl (C=O) groups is 2. The van der Waals surface area contributed by atoms with Crippen molar-refractivity contribution in [3.05, 3.63) is 23.8 Å². The molecule has 0 spiro atoms. The van der Waals surface area contributed by atoms with Crippen LogP contribution < -0.4 is 0 Å². The molecule has 110 valence electrons. The molecule has 3 rings (SSSR count). The van der Waals surface area contributed by atoms with Crippen molar-refractivity contribution < 1.29 is 14.7 Å². The summed E-state index contributed by atoms with van der Waals surface area (Å²) in [7, 11) is 0. The maximum atomic E-state index is 12.6. The maximum absolute atomic E-state index is 12.6. The van der Waals surface area contributed by atoms with Gasteiger partial charge in [-0.2, -0.15) is 10.1 Å². The van der Waals surface area contributed by atoms with E-state index in [0.29, 0.717) is 30.0 Å². The first kappa shape index (κ1) is 13.5. The van der Waals surface area contributed by atoms with Crippen LogP contribution in [0.3, 0.4) is 0 Å². The van der Waals surface area contributed by atoms with Gasteiger partial charge in [-0.05, 0) is 20.3 Å². The fraction of sp³-hybridized carbons (Fsp3) is 0.462. The summed E-state index contributed by atoms with van der Waals surface area (Å²) in [6.45, 7) is 3.97. The van der Waals surface area contributed by atoms with Gasteiger partial charge in [0.2, 0.25) is 0 Å². The Morgan fingerprint density at radius 1 is 1.38 bits per heavy atom. The molecule has 2 unspecified atom stereocenters. The van der Waals surface area contributed by atoms with Gasteiger partial charge in [0.25, 0.3) is 11.7 Å². The minimum absolute atomic E-state index is 0.214. The number of hydrogen-bond donors (Lipinski definition) is 1. The molecule has 8 heteroatoms. The number of hydrogen-bond acceptors (Lipinski definition) is 5. The van der Waals surface area contributed by atoms with Gasteiger partial charge >= 0.3 is 5.97 Å². The van der Waals surface area contributed by atoms with E-state index in [1.807, 2.05) is 0 Å². The fourth-order valence-electron chi connectivity index (χ4n) is 2.81. The van der Waals surface area contributed by atoms with Crippen molar-refractivity contribution in [2.45, 2.75) is 26.3 Å². The van der Waals surface area contributed by atoms with E-state index in [9.17, 15) is 9.59 Å². The molecule has 8 nitrogen and oxygen atoms in total. The lowest BCUT2D eigenvalue weighted by Gasteiger charge is -2.23. The number of fused-ring (bicyclic) bond motifs is 1. The van der Waals surface area contributed by atoms with Crippen LogP contribution in [-0.2, 0) is 4.79 Å².